The molecule has 3 heterocycles. The molecule has 1 amide bonds. The number of nitrogens with one attached hydrogen (secondary N) is 1. The van der Waals surface area contributed by atoms with Crippen molar-refractivity contribution >= 4 is 68.0 Å². The van der Waals surface area contributed by atoms with Gasteiger partial charge in [-0.15, -0.1) is 11.3 Å². The van der Waals surface area contributed by atoms with Crippen LogP contribution < -0.4 is 5.43 Å². The van der Waals surface area contributed by atoms with Crippen LogP contribution in [-0.4, -0.2) is 32.8 Å². The third-order valence-electron chi connectivity index (χ3n) is 6.89. The van der Waals surface area contributed by atoms with Crippen molar-refractivity contribution < 1.29 is 4.79 Å². The van der Waals surface area contributed by atoms with E-state index in [4.69, 9.17) is 28.3 Å². The Morgan fingerprint density at radius 1 is 1.17 bits per heavy atom. The van der Waals surface area contributed by atoms with Crippen molar-refractivity contribution in [1.82, 2.24) is 20.2 Å². The number of fused-ring (bicyclic) bond motifs is 1. The minimum atomic E-state index is -0.163. The van der Waals surface area contributed by atoms with Gasteiger partial charge < -0.3 is 0 Å². The molecule has 5 rings (SSSR count). The maximum absolute atomic E-state index is 13.6. The number of halogens is 3. The molecule has 0 bridgehead atoms. The lowest BCUT2D eigenvalue weighted by molar-refractivity contribution is 0.0365. The van der Waals surface area contributed by atoms with Gasteiger partial charge in [-0.1, -0.05) is 29.6 Å². The average Bonchev–Trinajstić information content (AvgIpc) is 3.40. The minimum absolute atomic E-state index is 0.163. The first-order valence-corrected chi connectivity index (χ1v) is 14.4. The molecule has 2 unspecified atom stereocenters. The predicted octanol–water partition coefficient (Wildman–Crippen LogP) is 7.79. The highest BCUT2D eigenvalue weighted by Gasteiger charge is 2.32. The zero-order chi connectivity index (χ0) is 24.7. The second-order valence-corrected chi connectivity index (χ2v) is 12.0. The number of benzene rings is 1. The third-order valence-corrected chi connectivity index (χ3v) is 9.24. The normalized spacial score (nSPS) is 21.8. The maximum atomic E-state index is 13.6. The van der Waals surface area contributed by atoms with Gasteiger partial charge in [-0.05, 0) is 103 Å². The third kappa shape index (κ3) is 4.98. The zero-order valence-corrected chi connectivity index (χ0v) is 23.6. The molecule has 1 aliphatic heterocycles. The van der Waals surface area contributed by atoms with Crippen LogP contribution in [-0.2, 0) is 6.42 Å². The Bertz CT molecular complexity index is 1290. The summed E-state index contributed by atoms with van der Waals surface area (Å²) in [6.45, 7) is 4.33. The number of aromatic nitrogens is 2. The number of hydrogen-bond donors (Lipinski definition) is 1. The van der Waals surface area contributed by atoms with Crippen molar-refractivity contribution in [2.24, 2.45) is 0 Å². The molecule has 1 aromatic carbocycles. The van der Waals surface area contributed by atoms with Crippen molar-refractivity contribution in [3.63, 3.8) is 0 Å². The predicted molar refractivity (Wildman–Crippen MR) is 148 cm³/mol. The Balaban J connectivity index is 1.62. The number of amides is 1. The van der Waals surface area contributed by atoms with Crippen LogP contribution in [0.3, 0.4) is 0 Å². The summed E-state index contributed by atoms with van der Waals surface area (Å²) in [5.41, 5.74) is 7.42. The van der Waals surface area contributed by atoms with Crippen LogP contribution in [0.5, 0.6) is 0 Å². The lowest BCUT2D eigenvalue weighted by atomic mass is 9.90. The van der Waals surface area contributed by atoms with E-state index in [2.05, 4.69) is 51.7 Å². The highest BCUT2D eigenvalue weighted by Crippen LogP contribution is 2.39. The molecule has 0 radical (unpaired) electrons. The summed E-state index contributed by atoms with van der Waals surface area (Å²) in [5.74, 6) is -0.163. The molecule has 5 nitrogen and oxygen atoms in total. The van der Waals surface area contributed by atoms with Crippen molar-refractivity contribution in [2.75, 3.05) is 0 Å². The van der Waals surface area contributed by atoms with Crippen LogP contribution in [0.15, 0.2) is 34.1 Å². The zero-order valence-electron chi connectivity index (χ0n) is 19.7. The van der Waals surface area contributed by atoms with Crippen molar-refractivity contribution in [3.05, 3.63) is 66.0 Å². The molecule has 1 fully saturated rings. The van der Waals surface area contributed by atoms with Gasteiger partial charge >= 0.3 is 0 Å². The van der Waals surface area contributed by atoms with Gasteiger partial charge in [0.05, 0.1) is 16.4 Å². The van der Waals surface area contributed by atoms with E-state index in [1.807, 2.05) is 16.8 Å². The first-order valence-electron chi connectivity index (χ1n) is 11.9. The van der Waals surface area contributed by atoms with Gasteiger partial charge in [-0.25, -0.2) is 9.69 Å². The number of allylic oxidation sites excluding steroid dienone is 1. The van der Waals surface area contributed by atoms with Crippen LogP contribution in [0.25, 0.3) is 17.3 Å². The van der Waals surface area contributed by atoms with Gasteiger partial charge in [-0.2, -0.15) is 5.10 Å². The van der Waals surface area contributed by atoms with Crippen LogP contribution >= 0.6 is 50.5 Å². The fourth-order valence-electron chi connectivity index (χ4n) is 5.12. The molecule has 3 aromatic rings. The fourth-order valence-corrected chi connectivity index (χ4v) is 7.05. The minimum Gasteiger partial charge on any atom is -0.283 e. The summed E-state index contributed by atoms with van der Waals surface area (Å²) < 4.78 is 2.89. The second kappa shape index (κ2) is 10.4. The molecule has 0 spiro atoms. The van der Waals surface area contributed by atoms with E-state index >= 15 is 0 Å². The highest BCUT2D eigenvalue weighted by atomic mass is 79.9. The van der Waals surface area contributed by atoms with E-state index in [9.17, 15) is 4.79 Å². The summed E-state index contributed by atoms with van der Waals surface area (Å²) in [4.78, 5) is 14.8. The standard InChI is InChI=1S/C26H27BrCl2N4OS/c1-15-5-3-6-16(2)32(15)31-26(34)24-19-8-4-7-17(13-23-20(27)11-12-35-23)25(19)33(30-24)22-10-9-18(28)14-21(22)29/h9-16H,3-8H2,1-2H3,(H,31,34)/b17-13+. The molecular formula is C26H27BrCl2N4OS. The van der Waals surface area contributed by atoms with E-state index in [1.165, 1.54) is 6.42 Å². The van der Waals surface area contributed by atoms with Crippen LogP contribution in [0.4, 0.5) is 0 Å². The molecule has 184 valence electrons. The van der Waals surface area contributed by atoms with Crippen LogP contribution in [0.2, 0.25) is 10.0 Å². The topological polar surface area (TPSA) is 50.2 Å². The van der Waals surface area contributed by atoms with E-state index in [0.717, 1.165) is 58.3 Å². The SMILES string of the molecule is CC1CCCC(C)N1NC(=O)c1nn(-c2ccc(Cl)cc2Cl)c2c1CCC/C2=C\c1sccc1Br. The summed E-state index contributed by atoms with van der Waals surface area (Å²) in [6.07, 6.45) is 8.16. The number of piperidine rings is 1. The number of hydrazine groups is 1. The molecule has 1 aliphatic carbocycles. The lowest BCUT2D eigenvalue weighted by Gasteiger charge is -2.38. The Hall–Kier alpha value is -1.64. The molecule has 1 N–H and O–H groups in total. The summed E-state index contributed by atoms with van der Waals surface area (Å²) >= 11 is 18.1. The number of rotatable bonds is 4. The van der Waals surface area contributed by atoms with Crippen LogP contribution in [0.1, 0.15) is 72.6 Å². The van der Waals surface area contributed by atoms with Gasteiger partial charge in [0.2, 0.25) is 0 Å². The fraction of sp³-hybridized carbons (Fsp3) is 0.385. The first kappa shape index (κ1) is 25.0. The largest absolute Gasteiger partial charge is 0.286 e. The van der Waals surface area contributed by atoms with Crippen molar-refractivity contribution in [1.29, 1.82) is 0 Å². The number of hydrogen-bond acceptors (Lipinski definition) is 4. The maximum Gasteiger partial charge on any atom is 0.286 e. The number of carbonyl (C=O) groups is 1. The number of nitrogens with zero attached hydrogens (tertiary/aromatic N) is 3. The number of carbonyl (C=O) groups excluding carboxylic acids is 1. The number of thiophene rings is 1. The molecule has 2 aliphatic rings. The Kier molecular flexibility index (Phi) is 7.43. The molecule has 35 heavy (non-hydrogen) atoms. The molecular weight excluding hydrogens is 567 g/mol. The smallest absolute Gasteiger partial charge is 0.283 e. The summed E-state index contributed by atoms with van der Waals surface area (Å²) in [5, 5.41) is 10.1. The van der Waals surface area contributed by atoms with E-state index in [0.29, 0.717) is 21.4 Å². The molecule has 2 aromatic heterocycles. The molecule has 9 heteroatoms. The van der Waals surface area contributed by atoms with Crippen molar-refractivity contribution in [2.45, 2.75) is 64.5 Å². The molecule has 1 saturated heterocycles. The Morgan fingerprint density at radius 2 is 1.94 bits per heavy atom. The quantitative estimate of drug-likeness (QED) is 0.336. The van der Waals surface area contributed by atoms with E-state index < -0.39 is 0 Å². The van der Waals surface area contributed by atoms with Gasteiger partial charge in [0.25, 0.3) is 5.91 Å². The van der Waals surface area contributed by atoms with Crippen molar-refractivity contribution in [3.8, 4) is 5.69 Å². The lowest BCUT2D eigenvalue weighted by Crippen LogP contribution is -2.54. The second-order valence-electron chi connectivity index (χ2n) is 9.32. The van der Waals surface area contributed by atoms with Gasteiger partial charge in [-0.3, -0.25) is 10.2 Å². The van der Waals surface area contributed by atoms with E-state index in [-0.39, 0.29) is 18.0 Å². The molecule has 0 saturated carbocycles. The van der Waals surface area contributed by atoms with Crippen LogP contribution in [0, 0.1) is 0 Å². The Labute approximate surface area is 228 Å². The highest BCUT2D eigenvalue weighted by molar-refractivity contribution is 9.10. The molecule has 2 atom stereocenters. The van der Waals surface area contributed by atoms with E-state index in [1.54, 1.807) is 23.5 Å². The summed E-state index contributed by atoms with van der Waals surface area (Å²) in [6, 6.07) is 8.01. The first-order chi connectivity index (χ1) is 16.8. The summed E-state index contributed by atoms with van der Waals surface area (Å²) in [7, 11) is 0. The van der Waals surface area contributed by atoms with Gasteiger partial charge in [0, 0.05) is 32.0 Å². The average molecular weight is 594 g/mol. The Morgan fingerprint density at radius 3 is 2.63 bits per heavy atom. The van der Waals surface area contributed by atoms with Gasteiger partial charge in [0.15, 0.2) is 5.69 Å². The van der Waals surface area contributed by atoms with Gasteiger partial charge in [0.1, 0.15) is 0 Å². The monoisotopic (exact) mass is 592 g/mol.